The Morgan fingerprint density at radius 1 is 1.30 bits per heavy atom. The minimum absolute atomic E-state index is 0.301. The molecule has 1 aromatic heterocycles. The molecule has 5 heteroatoms. The zero-order chi connectivity index (χ0) is 14.1. The molecule has 1 saturated carbocycles. The van der Waals surface area contributed by atoms with Crippen LogP contribution in [0.5, 0.6) is 0 Å². The van der Waals surface area contributed by atoms with Gasteiger partial charge >= 0.3 is 0 Å². The van der Waals surface area contributed by atoms with E-state index in [1.54, 1.807) is 0 Å². The Bertz CT molecular complexity index is 483. The van der Waals surface area contributed by atoms with Crippen molar-refractivity contribution < 1.29 is 4.79 Å². The number of aryl methyl sites for hydroxylation is 1. The Labute approximate surface area is 120 Å². The van der Waals surface area contributed by atoms with Gasteiger partial charge in [-0.1, -0.05) is 0 Å². The monoisotopic (exact) mass is 274 g/mol. The Hall–Kier alpha value is -1.65. The molecule has 1 saturated heterocycles. The highest BCUT2D eigenvalue weighted by Crippen LogP contribution is 2.32. The second kappa shape index (κ2) is 5.38. The molecule has 0 N–H and O–H groups in total. The second-order valence-electron chi connectivity index (χ2n) is 6.00. The molecular formula is C15H22N4O. The largest absolute Gasteiger partial charge is 0.353 e. The first-order valence-corrected chi connectivity index (χ1v) is 7.47. The van der Waals surface area contributed by atoms with E-state index in [1.807, 2.05) is 31.0 Å². The Kier molecular flexibility index (Phi) is 3.59. The lowest BCUT2D eigenvalue weighted by molar-refractivity contribution is -0.133. The van der Waals surface area contributed by atoms with Crippen molar-refractivity contribution in [1.82, 2.24) is 15.1 Å². The summed E-state index contributed by atoms with van der Waals surface area (Å²) in [6.07, 6.45) is 4.33. The maximum atomic E-state index is 12.2. The average molecular weight is 274 g/mol. The molecule has 0 aromatic carbocycles. The summed E-state index contributed by atoms with van der Waals surface area (Å²) >= 11 is 0. The predicted octanol–water partition coefficient (Wildman–Crippen LogP) is 1.62. The number of rotatable bonds is 3. The highest BCUT2D eigenvalue weighted by molar-refractivity contribution is 5.81. The van der Waals surface area contributed by atoms with Crippen LogP contribution in [0.2, 0.25) is 0 Å². The summed E-state index contributed by atoms with van der Waals surface area (Å²) in [6, 6.07) is 4.32. The number of carbonyl (C=O) groups is 1. The van der Waals surface area contributed by atoms with Crippen LogP contribution in [0.1, 0.15) is 31.4 Å². The molecular weight excluding hydrogens is 252 g/mol. The van der Waals surface area contributed by atoms with Crippen LogP contribution in [-0.2, 0) is 4.79 Å². The van der Waals surface area contributed by atoms with E-state index in [4.69, 9.17) is 0 Å². The fraction of sp³-hybridized carbons (Fsp3) is 0.667. The molecule has 1 aliphatic heterocycles. The molecule has 3 rings (SSSR count). The lowest BCUT2D eigenvalue weighted by Gasteiger charge is -2.38. The van der Waals surface area contributed by atoms with E-state index in [9.17, 15) is 4.79 Å². The molecule has 2 heterocycles. The van der Waals surface area contributed by atoms with Crippen LogP contribution < -0.4 is 4.90 Å². The van der Waals surface area contributed by atoms with Gasteiger partial charge in [0, 0.05) is 32.1 Å². The van der Waals surface area contributed by atoms with E-state index in [-0.39, 0.29) is 0 Å². The minimum atomic E-state index is 0.301. The quantitative estimate of drug-likeness (QED) is 0.840. The minimum Gasteiger partial charge on any atom is -0.353 e. The number of hydrogen-bond acceptors (Lipinski definition) is 4. The number of anilines is 1. The molecule has 1 amide bonds. The number of amides is 1. The topological polar surface area (TPSA) is 49.3 Å². The molecule has 0 radical (unpaired) electrons. The normalized spacial score (nSPS) is 22.7. The Morgan fingerprint density at radius 2 is 2.10 bits per heavy atom. The van der Waals surface area contributed by atoms with Crippen LogP contribution in [0, 0.1) is 12.8 Å². The lowest BCUT2D eigenvalue weighted by atomic mass is 10.0. The van der Waals surface area contributed by atoms with Crippen molar-refractivity contribution in [1.29, 1.82) is 0 Å². The molecule has 108 valence electrons. The van der Waals surface area contributed by atoms with Crippen LogP contribution in [0.4, 0.5) is 5.82 Å². The number of aromatic nitrogens is 2. The van der Waals surface area contributed by atoms with Crippen molar-refractivity contribution in [3.8, 4) is 0 Å². The summed E-state index contributed by atoms with van der Waals surface area (Å²) in [5, 5.41) is 8.39. The third-order valence-corrected chi connectivity index (χ3v) is 4.33. The van der Waals surface area contributed by atoms with Crippen LogP contribution in [-0.4, -0.2) is 47.2 Å². The molecule has 2 aliphatic rings. The zero-order valence-corrected chi connectivity index (χ0v) is 12.2. The van der Waals surface area contributed by atoms with Crippen molar-refractivity contribution in [2.24, 2.45) is 5.92 Å². The van der Waals surface area contributed by atoms with E-state index >= 15 is 0 Å². The highest BCUT2D eigenvalue weighted by atomic mass is 16.2. The molecule has 2 fully saturated rings. The molecule has 20 heavy (non-hydrogen) atoms. The van der Waals surface area contributed by atoms with E-state index < -0.39 is 0 Å². The molecule has 0 bridgehead atoms. The summed E-state index contributed by atoms with van der Waals surface area (Å²) in [6.45, 7) is 3.81. The van der Waals surface area contributed by atoms with E-state index in [0.717, 1.165) is 50.3 Å². The number of piperidine rings is 1. The summed E-state index contributed by atoms with van der Waals surface area (Å²) in [5.41, 5.74) is 0.934. The number of hydrogen-bond donors (Lipinski definition) is 0. The summed E-state index contributed by atoms with van der Waals surface area (Å²) in [5.74, 6) is 1.55. The average Bonchev–Trinajstić information content (AvgIpc) is 3.31. The Balaban J connectivity index is 1.66. The second-order valence-corrected chi connectivity index (χ2v) is 6.00. The van der Waals surface area contributed by atoms with Gasteiger partial charge in [-0.05, 0) is 44.7 Å². The van der Waals surface area contributed by atoms with Crippen LogP contribution in [0.15, 0.2) is 12.1 Å². The first kappa shape index (κ1) is 13.3. The molecule has 1 aliphatic carbocycles. The molecule has 1 unspecified atom stereocenters. The first-order valence-electron chi connectivity index (χ1n) is 7.47. The number of carbonyl (C=O) groups excluding carboxylic acids is 1. The maximum Gasteiger partial charge on any atom is 0.225 e. The van der Waals surface area contributed by atoms with Crippen molar-refractivity contribution >= 4 is 11.7 Å². The SMILES string of the molecule is Cc1ccc(N2CCCC(N(C)C(=O)C3CC3)C2)nn1. The maximum absolute atomic E-state index is 12.2. The van der Waals surface area contributed by atoms with Crippen molar-refractivity contribution in [3.05, 3.63) is 17.8 Å². The fourth-order valence-corrected chi connectivity index (χ4v) is 2.84. The number of nitrogens with zero attached hydrogens (tertiary/aromatic N) is 4. The van der Waals surface area contributed by atoms with Crippen molar-refractivity contribution in [2.75, 3.05) is 25.0 Å². The fourth-order valence-electron chi connectivity index (χ4n) is 2.84. The molecule has 5 nitrogen and oxygen atoms in total. The van der Waals surface area contributed by atoms with Gasteiger partial charge < -0.3 is 9.80 Å². The first-order chi connectivity index (χ1) is 9.65. The van der Waals surface area contributed by atoms with Gasteiger partial charge in [-0.3, -0.25) is 4.79 Å². The number of likely N-dealkylation sites (N-methyl/N-ethyl adjacent to an activating group) is 1. The van der Waals surface area contributed by atoms with Crippen molar-refractivity contribution in [3.63, 3.8) is 0 Å². The van der Waals surface area contributed by atoms with Crippen LogP contribution in [0.3, 0.4) is 0 Å². The smallest absolute Gasteiger partial charge is 0.225 e. The van der Waals surface area contributed by atoms with Crippen LogP contribution in [0.25, 0.3) is 0 Å². The summed E-state index contributed by atoms with van der Waals surface area (Å²) in [4.78, 5) is 16.4. The predicted molar refractivity (Wildman–Crippen MR) is 77.5 cm³/mol. The van der Waals surface area contributed by atoms with Gasteiger partial charge in [-0.2, -0.15) is 5.10 Å². The molecule has 1 atom stereocenters. The lowest BCUT2D eigenvalue weighted by Crippen LogP contribution is -2.49. The summed E-state index contributed by atoms with van der Waals surface area (Å²) < 4.78 is 0. The standard InChI is InChI=1S/C15H22N4O/c1-11-5-8-14(17-16-11)19-9-3-4-13(10-19)18(2)15(20)12-6-7-12/h5,8,12-13H,3-4,6-7,9-10H2,1-2H3. The highest BCUT2D eigenvalue weighted by Gasteiger charge is 2.35. The van der Waals surface area contributed by atoms with E-state index in [0.29, 0.717) is 17.9 Å². The van der Waals surface area contributed by atoms with Gasteiger partial charge in [0.25, 0.3) is 0 Å². The third-order valence-electron chi connectivity index (χ3n) is 4.33. The van der Waals surface area contributed by atoms with Gasteiger partial charge in [0.2, 0.25) is 5.91 Å². The van der Waals surface area contributed by atoms with Crippen molar-refractivity contribution in [2.45, 2.75) is 38.6 Å². The summed E-state index contributed by atoms with van der Waals surface area (Å²) in [7, 11) is 1.95. The Morgan fingerprint density at radius 3 is 2.75 bits per heavy atom. The van der Waals surface area contributed by atoms with E-state index in [2.05, 4.69) is 15.1 Å². The third kappa shape index (κ3) is 2.76. The van der Waals surface area contributed by atoms with Gasteiger partial charge in [0.15, 0.2) is 5.82 Å². The van der Waals surface area contributed by atoms with Gasteiger partial charge in [0.1, 0.15) is 0 Å². The van der Waals surface area contributed by atoms with Crippen LogP contribution >= 0.6 is 0 Å². The molecule has 0 spiro atoms. The zero-order valence-electron chi connectivity index (χ0n) is 12.2. The van der Waals surface area contributed by atoms with Gasteiger partial charge in [0.05, 0.1) is 5.69 Å². The van der Waals surface area contributed by atoms with Gasteiger partial charge in [-0.25, -0.2) is 0 Å². The van der Waals surface area contributed by atoms with Gasteiger partial charge in [-0.15, -0.1) is 5.10 Å². The van der Waals surface area contributed by atoms with E-state index in [1.165, 1.54) is 0 Å². The molecule has 1 aromatic rings.